The summed E-state index contributed by atoms with van der Waals surface area (Å²) in [6.45, 7) is 3.60. The Morgan fingerprint density at radius 3 is 2.87 bits per heavy atom. The molecule has 1 aromatic rings. The molecular weight excluding hydrogens is 216 g/mol. The van der Waals surface area contributed by atoms with Crippen LogP contribution in [0.1, 0.15) is 12.7 Å². The normalized spacial score (nSPS) is 19.4. The smallest absolute Gasteiger partial charge is 0.325 e. The lowest BCUT2D eigenvalue weighted by atomic mass is 10.3. The number of thioether (sulfide) groups is 1. The number of nitrogens with zero attached hydrogens (tertiary/aromatic N) is 4. The maximum absolute atomic E-state index is 11.4. The number of rotatable bonds is 1. The van der Waals surface area contributed by atoms with Gasteiger partial charge in [0.2, 0.25) is 5.16 Å². The quantitative estimate of drug-likeness (QED) is 0.650. The highest BCUT2D eigenvalue weighted by atomic mass is 32.2. The summed E-state index contributed by atoms with van der Waals surface area (Å²) in [5, 5.41) is 12.3. The van der Waals surface area contributed by atoms with Crippen molar-refractivity contribution in [3.63, 3.8) is 0 Å². The number of aryl methyl sites for hydroxylation is 1. The fraction of sp³-hybridized carbons (Fsp3) is 0.500. The molecule has 1 aliphatic rings. The molecule has 0 bridgehead atoms. The molecule has 6 nitrogen and oxygen atoms in total. The fourth-order valence-corrected chi connectivity index (χ4v) is 2.24. The Kier molecular flexibility index (Phi) is 2.47. The van der Waals surface area contributed by atoms with Gasteiger partial charge in [0.1, 0.15) is 5.25 Å². The van der Waals surface area contributed by atoms with E-state index in [9.17, 15) is 4.79 Å². The van der Waals surface area contributed by atoms with Gasteiger partial charge in [0.05, 0.1) is 12.8 Å². The van der Waals surface area contributed by atoms with Crippen molar-refractivity contribution < 1.29 is 9.53 Å². The predicted octanol–water partition coefficient (Wildman–Crippen LogP) is 0.458. The standard InChI is InChI=1S/C8H10N4O2S/c1-4-6(7(13)14-3)15-8-10-9-5(2)12(8)11-4/h6H,1-3H3. The number of carbonyl (C=O) groups excluding carboxylic acids is 1. The van der Waals surface area contributed by atoms with Crippen LogP contribution in [0.15, 0.2) is 10.3 Å². The van der Waals surface area contributed by atoms with Gasteiger partial charge < -0.3 is 4.74 Å². The van der Waals surface area contributed by atoms with Crippen LogP contribution in [0.4, 0.5) is 0 Å². The second kappa shape index (κ2) is 3.65. The molecule has 0 fully saturated rings. The van der Waals surface area contributed by atoms with Crippen molar-refractivity contribution in [3.05, 3.63) is 5.82 Å². The van der Waals surface area contributed by atoms with E-state index < -0.39 is 5.25 Å². The zero-order valence-corrected chi connectivity index (χ0v) is 9.41. The van der Waals surface area contributed by atoms with Gasteiger partial charge in [-0.25, -0.2) is 0 Å². The van der Waals surface area contributed by atoms with Crippen molar-refractivity contribution in [2.24, 2.45) is 5.10 Å². The third-order valence-electron chi connectivity index (χ3n) is 2.04. The van der Waals surface area contributed by atoms with E-state index in [1.807, 2.05) is 6.92 Å². The number of esters is 1. The molecule has 1 aliphatic heterocycles. The summed E-state index contributed by atoms with van der Waals surface area (Å²) < 4.78 is 6.31. The van der Waals surface area contributed by atoms with E-state index >= 15 is 0 Å². The molecule has 0 saturated carbocycles. The SMILES string of the molecule is COC(=O)C1Sc2nnc(C)n2N=C1C. The van der Waals surface area contributed by atoms with Crippen LogP contribution in [0.3, 0.4) is 0 Å². The van der Waals surface area contributed by atoms with Gasteiger partial charge >= 0.3 is 5.97 Å². The van der Waals surface area contributed by atoms with Crippen LogP contribution in [-0.2, 0) is 9.53 Å². The topological polar surface area (TPSA) is 69.4 Å². The first-order valence-corrected chi connectivity index (χ1v) is 5.23. The molecule has 0 amide bonds. The minimum Gasteiger partial charge on any atom is -0.468 e. The first-order valence-electron chi connectivity index (χ1n) is 4.35. The monoisotopic (exact) mass is 226 g/mol. The van der Waals surface area contributed by atoms with E-state index in [1.165, 1.54) is 18.9 Å². The van der Waals surface area contributed by atoms with Crippen LogP contribution in [0.2, 0.25) is 0 Å². The maximum Gasteiger partial charge on any atom is 0.325 e. The van der Waals surface area contributed by atoms with E-state index in [0.29, 0.717) is 16.7 Å². The third-order valence-corrected chi connectivity index (χ3v) is 3.28. The lowest BCUT2D eigenvalue weighted by Gasteiger charge is -2.17. The van der Waals surface area contributed by atoms with Crippen LogP contribution in [0.25, 0.3) is 0 Å². The molecule has 2 rings (SSSR count). The van der Waals surface area contributed by atoms with Crippen LogP contribution in [0, 0.1) is 6.92 Å². The van der Waals surface area contributed by atoms with Crippen LogP contribution < -0.4 is 0 Å². The van der Waals surface area contributed by atoms with Crippen molar-refractivity contribution in [1.29, 1.82) is 0 Å². The highest BCUT2D eigenvalue weighted by Crippen LogP contribution is 2.28. The lowest BCUT2D eigenvalue weighted by Crippen LogP contribution is -2.30. The molecule has 0 saturated heterocycles. The second-order valence-electron chi connectivity index (χ2n) is 3.10. The minimum atomic E-state index is -0.411. The van der Waals surface area contributed by atoms with Gasteiger partial charge in [-0.3, -0.25) is 4.79 Å². The zero-order valence-electron chi connectivity index (χ0n) is 8.59. The average Bonchev–Trinajstić information content (AvgIpc) is 2.58. The molecule has 1 atom stereocenters. The molecule has 0 aromatic carbocycles. The first kappa shape index (κ1) is 10.2. The van der Waals surface area contributed by atoms with E-state index in [1.54, 1.807) is 11.6 Å². The summed E-state index contributed by atoms with van der Waals surface area (Å²) in [5.41, 5.74) is 0.697. The Labute approximate surface area is 90.7 Å². The van der Waals surface area contributed by atoms with Gasteiger partial charge in [0.15, 0.2) is 5.82 Å². The number of ether oxygens (including phenoxy) is 1. The van der Waals surface area contributed by atoms with Gasteiger partial charge in [0, 0.05) is 0 Å². The van der Waals surface area contributed by atoms with Crippen molar-refractivity contribution in [1.82, 2.24) is 14.9 Å². The average molecular weight is 226 g/mol. The molecule has 0 aliphatic carbocycles. The van der Waals surface area contributed by atoms with Gasteiger partial charge in [-0.1, -0.05) is 11.8 Å². The predicted molar refractivity (Wildman–Crippen MR) is 54.9 cm³/mol. The summed E-state index contributed by atoms with van der Waals surface area (Å²) in [6.07, 6.45) is 0. The Morgan fingerprint density at radius 1 is 1.47 bits per heavy atom. The molecular formula is C8H10N4O2S. The molecule has 7 heteroatoms. The largest absolute Gasteiger partial charge is 0.468 e. The van der Waals surface area contributed by atoms with E-state index in [0.717, 1.165) is 0 Å². The van der Waals surface area contributed by atoms with Crippen LogP contribution in [0.5, 0.6) is 0 Å². The second-order valence-corrected chi connectivity index (χ2v) is 4.18. The third kappa shape index (κ3) is 1.63. The molecule has 15 heavy (non-hydrogen) atoms. The summed E-state index contributed by atoms with van der Waals surface area (Å²) in [7, 11) is 1.36. The Morgan fingerprint density at radius 2 is 2.20 bits per heavy atom. The minimum absolute atomic E-state index is 0.312. The van der Waals surface area contributed by atoms with Crippen molar-refractivity contribution in [2.45, 2.75) is 24.3 Å². The summed E-state index contributed by atoms with van der Waals surface area (Å²) in [6, 6.07) is 0. The summed E-state index contributed by atoms with van der Waals surface area (Å²) >= 11 is 1.30. The molecule has 0 spiro atoms. The number of fused-ring (bicyclic) bond motifs is 1. The van der Waals surface area contributed by atoms with Crippen LogP contribution >= 0.6 is 11.8 Å². The summed E-state index contributed by atoms with van der Waals surface area (Å²) in [4.78, 5) is 11.4. The number of aromatic nitrogens is 3. The zero-order chi connectivity index (χ0) is 11.0. The molecule has 1 unspecified atom stereocenters. The highest BCUT2D eigenvalue weighted by molar-refractivity contribution is 8.01. The Balaban J connectivity index is 2.37. The number of methoxy groups -OCH3 is 1. The van der Waals surface area contributed by atoms with E-state index in [2.05, 4.69) is 20.0 Å². The van der Waals surface area contributed by atoms with Gasteiger partial charge in [0.25, 0.3) is 0 Å². The maximum atomic E-state index is 11.4. The van der Waals surface area contributed by atoms with Crippen molar-refractivity contribution >= 4 is 23.4 Å². The molecule has 2 heterocycles. The van der Waals surface area contributed by atoms with Gasteiger partial charge in [-0.05, 0) is 13.8 Å². The van der Waals surface area contributed by atoms with Crippen LogP contribution in [-0.4, -0.2) is 38.9 Å². The number of hydrogen-bond acceptors (Lipinski definition) is 6. The molecule has 80 valence electrons. The summed E-state index contributed by atoms with van der Waals surface area (Å²) in [5.74, 6) is 0.397. The van der Waals surface area contributed by atoms with E-state index in [4.69, 9.17) is 0 Å². The number of hydrogen-bond donors (Lipinski definition) is 0. The van der Waals surface area contributed by atoms with Gasteiger partial charge in [-0.15, -0.1) is 10.2 Å². The van der Waals surface area contributed by atoms with Gasteiger partial charge in [-0.2, -0.15) is 9.78 Å². The first-order chi connectivity index (χ1) is 7.13. The van der Waals surface area contributed by atoms with Crippen molar-refractivity contribution in [3.8, 4) is 0 Å². The Bertz CT molecular complexity index is 440. The lowest BCUT2D eigenvalue weighted by molar-refractivity contribution is -0.138. The Hall–Kier alpha value is -1.37. The molecule has 1 aromatic heterocycles. The fourth-order valence-electron chi connectivity index (χ4n) is 1.25. The highest BCUT2D eigenvalue weighted by Gasteiger charge is 2.30. The molecule has 0 N–H and O–H groups in total. The van der Waals surface area contributed by atoms with Crippen molar-refractivity contribution in [2.75, 3.05) is 7.11 Å². The number of carbonyl (C=O) groups is 1. The molecule has 0 radical (unpaired) electrons. The van der Waals surface area contributed by atoms with E-state index in [-0.39, 0.29) is 5.97 Å².